The Hall–Kier alpha value is -1.76. The maximum Gasteiger partial charge on any atom is 0.0429 e. The highest BCUT2D eigenvalue weighted by molar-refractivity contribution is 5.59. The molecule has 1 nitrogen and oxygen atoms in total. The molecular formula is C15H17N. The van der Waals surface area contributed by atoms with E-state index in [9.17, 15) is 0 Å². The number of para-hydroxylation sites is 1. The zero-order chi connectivity index (χ0) is 11.4. The molecule has 0 saturated heterocycles. The predicted molar refractivity (Wildman–Crippen MR) is 70.8 cm³/mol. The van der Waals surface area contributed by atoms with Crippen molar-refractivity contribution < 1.29 is 0 Å². The monoisotopic (exact) mass is 211 g/mol. The first kappa shape index (κ1) is 10.7. The Bertz CT molecular complexity index is 429. The van der Waals surface area contributed by atoms with Gasteiger partial charge in [-0.15, -0.1) is 0 Å². The first-order valence-corrected chi connectivity index (χ1v) is 5.62. The molecule has 0 spiro atoms. The van der Waals surface area contributed by atoms with Crippen molar-refractivity contribution in [2.24, 2.45) is 0 Å². The third-order valence-corrected chi connectivity index (χ3v) is 2.95. The van der Waals surface area contributed by atoms with Crippen molar-refractivity contribution in [2.45, 2.75) is 6.42 Å². The topological polar surface area (TPSA) is 3.24 Å². The van der Waals surface area contributed by atoms with Crippen LogP contribution in [0.5, 0.6) is 0 Å². The van der Waals surface area contributed by atoms with Gasteiger partial charge in [0.15, 0.2) is 0 Å². The molecule has 0 N–H and O–H groups in total. The van der Waals surface area contributed by atoms with E-state index in [1.807, 2.05) is 18.2 Å². The van der Waals surface area contributed by atoms with Crippen LogP contribution in [0, 0.1) is 0 Å². The molecule has 0 aliphatic carbocycles. The average Bonchev–Trinajstić information content (AvgIpc) is 2.72. The van der Waals surface area contributed by atoms with Crippen LogP contribution in [0.2, 0.25) is 0 Å². The highest BCUT2D eigenvalue weighted by atomic mass is 15.1. The second-order valence-corrected chi connectivity index (χ2v) is 3.98. The van der Waals surface area contributed by atoms with Gasteiger partial charge in [0.05, 0.1) is 0 Å². The zero-order valence-corrected chi connectivity index (χ0v) is 9.52. The Morgan fingerprint density at radius 2 is 2.12 bits per heavy atom. The third kappa shape index (κ3) is 2.08. The molecule has 16 heavy (non-hydrogen) atoms. The molecule has 0 amide bonds. The van der Waals surface area contributed by atoms with Crippen molar-refractivity contribution in [2.75, 3.05) is 18.0 Å². The molecule has 0 fully saturated rings. The molecule has 82 valence electrons. The number of fused-ring (bicyclic) bond motifs is 1. The molecule has 0 unspecified atom stereocenters. The lowest BCUT2D eigenvalue weighted by atomic mass is 10.2. The molecule has 1 heteroatoms. The van der Waals surface area contributed by atoms with Gasteiger partial charge in [0.25, 0.3) is 0 Å². The van der Waals surface area contributed by atoms with E-state index < -0.39 is 0 Å². The Kier molecular flexibility index (Phi) is 3.25. The van der Waals surface area contributed by atoms with Crippen LogP contribution in [0.1, 0.15) is 5.56 Å². The second-order valence-electron chi connectivity index (χ2n) is 3.98. The molecular weight excluding hydrogens is 194 g/mol. The van der Waals surface area contributed by atoms with Gasteiger partial charge in [0, 0.05) is 18.8 Å². The lowest BCUT2D eigenvalue weighted by molar-refractivity contribution is 0.889. The van der Waals surface area contributed by atoms with E-state index in [2.05, 4.69) is 42.3 Å². The predicted octanol–water partition coefficient (Wildman–Crippen LogP) is 3.35. The number of hydrogen-bond donors (Lipinski definition) is 0. The van der Waals surface area contributed by atoms with Gasteiger partial charge in [-0.05, 0) is 23.6 Å². The van der Waals surface area contributed by atoms with E-state index in [1.165, 1.54) is 16.8 Å². The number of anilines is 1. The third-order valence-electron chi connectivity index (χ3n) is 2.95. The lowest BCUT2D eigenvalue weighted by Gasteiger charge is -2.19. The molecule has 2 rings (SSSR count). The first-order valence-electron chi connectivity index (χ1n) is 5.62. The fourth-order valence-corrected chi connectivity index (χ4v) is 2.13. The molecule has 0 aromatic heterocycles. The van der Waals surface area contributed by atoms with Crippen LogP contribution in [-0.4, -0.2) is 13.1 Å². The summed E-state index contributed by atoms with van der Waals surface area (Å²) in [4.78, 5) is 2.40. The van der Waals surface area contributed by atoms with Crippen molar-refractivity contribution in [3.8, 4) is 0 Å². The van der Waals surface area contributed by atoms with Crippen molar-refractivity contribution in [1.29, 1.82) is 0 Å². The van der Waals surface area contributed by atoms with Crippen LogP contribution >= 0.6 is 0 Å². The van der Waals surface area contributed by atoms with Crippen molar-refractivity contribution in [3.63, 3.8) is 0 Å². The summed E-state index contributed by atoms with van der Waals surface area (Å²) in [6.45, 7) is 9.58. The van der Waals surface area contributed by atoms with Gasteiger partial charge in [0.1, 0.15) is 0 Å². The van der Waals surface area contributed by atoms with E-state index in [-0.39, 0.29) is 0 Å². The smallest absolute Gasteiger partial charge is 0.0429 e. The Morgan fingerprint density at radius 3 is 2.88 bits per heavy atom. The summed E-state index contributed by atoms with van der Waals surface area (Å²) in [5.74, 6) is 0. The maximum absolute atomic E-state index is 3.83. The van der Waals surface area contributed by atoms with Crippen LogP contribution in [-0.2, 0) is 6.42 Å². The normalized spacial score (nSPS) is 14.8. The molecule has 1 aliphatic heterocycles. The van der Waals surface area contributed by atoms with Crippen molar-refractivity contribution in [1.82, 2.24) is 0 Å². The summed E-state index contributed by atoms with van der Waals surface area (Å²) in [7, 11) is 0. The van der Waals surface area contributed by atoms with E-state index in [0.717, 1.165) is 19.5 Å². The summed E-state index contributed by atoms with van der Waals surface area (Å²) in [5, 5.41) is 0. The fraction of sp³-hybridized carbons (Fsp3) is 0.200. The minimum atomic E-state index is 0.923. The van der Waals surface area contributed by atoms with E-state index in [4.69, 9.17) is 0 Å². The van der Waals surface area contributed by atoms with Gasteiger partial charge in [-0.25, -0.2) is 0 Å². The van der Waals surface area contributed by atoms with E-state index in [1.54, 1.807) is 0 Å². The highest BCUT2D eigenvalue weighted by Gasteiger charge is 2.17. The highest BCUT2D eigenvalue weighted by Crippen LogP contribution is 2.27. The summed E-state index contributed by atoms with van der Waals surface area (Å²) < 4.78 is 0. The van der Waals surface area contributed by atoms with Crippen LogP contribution in [0.15, 0.2) is 61.2 Å². The summed E-state index contributed by atoms with van der Waals surface area (Å²) in [6, 6.07) is 8.61. The van der Waals surface area contributed by atoms with Gasteiger partial charge < -0.3 is 4.90 Å². The molecule has 0 radical (unpaired) electrons. The van der Waals surface area contributed by atoms with Crippen LogP contribution in [0.4, 0.5) is 5.69 Å². The van der Waals surface area contributed by atoms with E-state index in [0.29, 0.717) is 0 Å². The summed E-state index contributed by atoms with van der Waals surface area (Å²) in [6.07, 6.45) is 6.89. The summed E-state index contributed by atoms with van der Waals surface area (Å²) >= 11 is 0. The van der Waals surface area contributed by atoms with Gasteiger partial charge in [0.2, 0.25) is 0 Å². The zero-order valence-electron chi connectivity index (χ0n) is 9.52. The molecule has 0 bridgehead atoms. The largest absolute Gasteiger partial charge is 0.367 e. The van der Waals surface area contributed by atoms with Crippen molar-refractivity contribution in [3.05, 3.63) is 66.8 Å². The van der Waals surface area contributed by atoms with Gasteiger partial charge in [-0.2, -0.15) is 0 Å². The van der Waals surface area contributed by atoms with Crippen LogP contribution in [0.3, 0.4) is 0 Å². The van der Waals surface area contributed by atoms with Gasteiger partial charge in [-0.3, -0.25) is 0 Å². The van der Waals surface area contributed by atoms with Crippen LogP contribution < -0.4 is 4.90 Å². The van der Waals surface area contributed by atoms with Crippen molar-refractivity contribution >= 4 is 5.69 Å². The Balaban J connectivity index is 2.17. The minimum Gasteiger partial charge on any atom is -0.367 e. The van der Waals surface area contributed by atoms with Crippen LogP contribution in [0.25, 0.3) is 0 Å². The number of allylic oxidation sites excluding steroid dienone is 2. The quantitative estimate of drug-likeness (QED) is 0.690. The molecule has 1 heterocycles. The first-order chi connectivity index (χ1) is 7.85. The molecule has 1 aromatic carbocycles. The number of rotatable bonds is 4. The summed E-state index contributed by atoms with van der Waals surface area (Å²) in [5.41, 5.74) is 4.02. The Morgan fingerprint density at radius 1 is 1.31 bits per heavy atom. The molecule has 1 aliphatic rings. The fourth-order valence-electron chi connectivity index (χ4n) is 2.13. The minimum absolute atomic E-state index is 0.923. The van der Waals surface area contributed by atoms with Gasteiger partial charge in [-0.1, -0.05) is 49.6 Å². The number of nitrogens with zero attached hydrogens (tertiary/aromatic N) is 1. The number of benzene rings is 1. The molecule has 0 atom stereocenters. The Labute approximate surface area is 97.4 Å². The number of hydrogen-bond acceptors (Lipinski definition) is 1. The molecule has 1 aromatic rings. The maximum atomic E-state index is 3.83. The van der Waals surface area contributed by atoms with Gasteiger partial charge >= 0.3 is 0 Å². The molecule has 0 saturated carbocycles. The SMILES string of the molecule is C=C/C=C(\C=C)CN1CCc2ccccc21. The average molecular weight is 211 g/mol. The lowest BCUT2D eigenvalue weighted by Crippen LogP contribution is -2.22. The van der Waals surface area contributed by atoms with E-state index >= 15 is 0 Å². The standard InChI is InChI=1S/C15H17N/c1-3-7-13(4-2)12-16-11-10-14-8-5-6-9-15(14)16/h3-9H,1-2,10-12H2/b13-7+. The second kappa shape index (κ2) is 4.84.